The van der Waals surface area contributed by atoms with E-state index in [2.05, 4.69) is 0 Å². The molecule has 5 atom stereocenters. The molecule has 0 bridgehead atoms. The molecule has 0 aromatic heterocycles. The Balaban J connectivity index is 1.37. The van der Waals surface area contributed by atoms with E-state index in [0.29, 0.717) is 42.6 Å². The highest BCUT2D eigenvalue weighted by Crippen LogP contribution is 2.41. The molecule has 7 heteroatoms. The smallest absolute Gasteiger partial charge is 0.150 e. The lowest BCUT2D eigenvalue weighted by Crippen LogP contribution is -2.58. The van der Waals surface area contributed by atoms with Gasteiger partial charge in [0.2, 0.25) is 0 Å². The standard InChI is InChI=1S/C41H39ClO6/c42-36-22-21-34(24-43)23-35(36)38-40(46-27-32-17-9-3-10-18-32)41(47-28-33-19-11-4-12-20-33)39(45-26-31-15-7-2-8-16-31)37(48-38)29-44-25-30-13-5-1-6-14-30/h1-24,37-41H,25-29H2/t37-,38?,39-,40+,41+/m1/s1. The van der Waals surface area contributed by atoms with Gasteiger partial charge < -0.3 is 23.7 Å². The van der Waals surface area contributed by atoms with Gasteiger partial charge in [0, 0.05) is 16.1 Å². The Bertz CT molecular complexity index is 1690. The van der Waals surface area contributed by atoms with Crippen LogP contribution in [0.2, 0.25) is 5.02 Å². The molecule has 1 heterocycles. The summed E-state index contributed by atoms with van der Waals surface area (Å²) >= 11 is 6.84. The van der Waals surface area contributed by atoms with Crippen molar-refractivity contribution >= 4 is 17.9 Å². The molecule has 0 radical (unpaired) electrons. The number of aldehydes is 1. The Labute approximate surface area is 287 Å². The van der Waals surface area contributed by atoms with E-state index < -0.39 is 30.5 Å². The summed E-state index contributed by atoms with van der Waals surface area (Å²) in [5.41, 5.74) is 5.22. The van der Waals surface area contributed by atoms with Crippen molar-refractivity contribution < 1.29 is 28.5 Å². The Morgan fingerprint density at radius 3 is 1.52 bits per heavy atom. The molecule has 0 N–H and O–H groups in total. The quantitative estimate of drug-likeness (QED) is 0.105. The van der Waals surface area contributed by atoms with Crippen molar-refractivity contribution in [2.24, 2.45) is 0 Å². The van der Waals surface area contributed by atoms with Crippen LogP contribution in [0, 0.1) is 0 Å². The topological polar surface area (TPSA) is 63.2 Å². The minimum Gasteiger partial charge on any atom is -0.374 e. The molecule has 6 rings (SSSR count). The lowest BCUT2D eigenvalue weighted by Gasteiger charge is -2.46. The molecule has 0 spiro atoms. The van der Waals surface area contributed by atoms with Gasteiger partial charge >= 0.3 is 0 Å². The van der Waals surface area contributed by atoms with E-state index in [9.17, 15) is 4.79 Å². The van der Waals surface area contributed by atoms with E-state index in [1.54, 1.807) is 18.2 Å². The first kappa shape index (κ1) is 33.7. The van der Waals surface area contributed by atoms with Crippen LogP contribution in [0.15, 0.2) is 140 Å². The van der Waals surface area contributed by atoms with Crippen LogP contribution in [0.1, 0.15) is 44.3 Å². The average molecular weight is 663 g/mol. The Hall–Kier alpha value is -4.14. The minimum atomic E-state index is -0.691. The highest BCUT2D eigenvalue weighted by atomic mass is 35.5. The van der Waals surface area contributed by atoms with E-state index in [1.807, 2.05) is 121 Å². The number of benzene rings is 5. The van der Waals surface area contributed by atoms with Gasteiger partial charge in [-0.15, -0.1) is 0 Å². The average Bonchev–Trinajstić information content (AvgIpc) is 3.14. The lowest BCUT2D eigenvalue weighted by molar-refractivity contribution is -0.275. The zero-order valence-corrected chi connectivity index (χ0v) is 27.4. The number of hydrogen-bond donors (Lipinski definition) is 0. The van der Waals surface area contributed by atoms with Gasteiger partial charge in [0.25, 0.3) is 0 Å². The summed E-state index contributed by atoms with van der Waals surface area (Å²) in [5, 5.41) is 0.466. The Kier molecular flexibility index (Phi) is 12.2. The second-order valence-corrected chi connectivity index (χ2v) is 12.2. The van der Waals surface area contributed by atoms with Gasteiger partial charge in [-0.1, -0.05) is 139 Å². The van der Waals surface area contributed by atoms with Gasteiger partial charge in [0.15, 0.2) is 0 Å². The highest BCUT2D eigenvalue weighted by Gasteiger charge is 2.49. The van der Waals surface area contributed by atoms with Gasteiger partial charge in [-0.25, -0.2) is 0 Å². The minimum absolute atomic E-state index is 0.229. The van der Waals surface area contributed by atoms with E-state index in [0.717, 1.165) is 28.5 Å². The van der Waals surface area contributed by atoms with Crippen molar-refractivity contribution in [2.45, 2.75) is 56.9 Å². The third-order valence-corrected chi connectivity index (χ3v) is 8.69. The van der Waals surface area contributed by atoms with Crippen LogP contribution in [0.5, 0.6) is 0 Å². The molecule has 1 saturated heterocycles. The highest BCUT2D eigenvalue weighted by molar-refractivity contribution is 6.31. The van der Waals surface area contributed by atoms with Gasteiger partial charge in [0.1, 0.15) is 36.8 Å². The largest absolute Gasteiger partial charge is 0.374 e. The maximum atomic E-state index is 11.9. The summed E-state index contributed by atoms with van der Waals surface area (Å²) in [6.07, 6.45) is -2.27. The Morgan fingerprint density at radius 2 is 1.02 bits per heavy atom. The van der Waals surface area contributed by atoms with Crippen LogP contribution < -0.4 is 0 Å². The van der Waals surface area contributed by atoms with Crippen molar-refractivity contribution in [3.8, 4) is 0 Å². The fourth-order valence-electron chi connectivity index (χ4n) is 5.89. The fraction of sp³-hybridized carbons (Fsp3) is 0.244. The number of halogens is 1. The summed E-state index contributed by atoms with van der Waals surface area (Å²) in [7, 11) is 0. The summed E-state index contributed by atoms with van der Waals surface area (Å²) in [5.74, 6) is 0. The van der Waals surface area contributed by atoms with Crippen molar-refractivity contribution in [1.82, 2.24) is 0 Å². The van der Waals surface area contributed by atoms with Crippen molar-refractivity contribution in [2.75, 3.05) is 6.61 Å². The SMILES string of the molecule is O=Cc1ccc(Cl)c(C2O[C@H](COCc3ccccc3)[C@@H](OCc3ccccc3)[C@H](OCc3ccccc3)[C@H]2OCc2ccccc2)c1. The number of carbonyl (C=O) groups excluding carboxylic acids is 1. The molecule has 5 aromatic rings. The normalized spacial score (nSPS) is 20.7. The molecular weight excluding hydrogens is 624 g/mol. The molecule has 0 aliphatic carbocycles. The lowest BCUT2D eigenvalue weighted by atomic mass is 9.89. The summed E-state index contributed by atoms with van der Waals surface area (Å²) in [6, 6.07) is 45.2. The molecule has 1 aliphatic heterocycles. The maximum Gasteiger partial charge on any atom is 0.150 e. The van der Waals surface area contributed by atoms with Crippen LogP contribution in [0.25, 0.3) is 0 Å². The van der Waals surface area contributed by atoms with Crippen LogP contribution in [0.3, 0.4) is 0 Å². The van der Waals surface area contributed by atoms with E-state index in [-0.39, 0.29) is 6.61 Å². The summed E-state index contributed by atoms with van der Waals surface area (Å²) in [4.78, 5) is 11.9. The third kappa shape index (κ3) is 9.05. The van der Waals surface area contributed by atoms with Crippen LogP contribution in [-0.4, -0.2) is 37.3 Å². The molecule has 1 unspecified atom stereocenters. The van der Waals surface area contributed by atoms with E-state index in [4.69, 9.17) is 35.3 Å². The zero-order valence-electron chi connectivity index (χ0n) is 26.6. The monoisotopic (exact) mass is 662 g/mol. The van der Waals surface area contributed by atoms with Crippen molar-refractivity contribution in [1.29, 1.82) is 0 Å². The first-order chi connectivity index (χ1) is 23.7. The molecule has 6 nitrogen and oxygen atoms in total. The predicted octanol–water partition coefficient (Wildman–Crippen LogP) is 8.57. The van der Waals surface area contributed by atoms with Gasteiger partial charge in [-0.3, -0.25) is 4.79 Å². The third-order valence-electron chi connectivity index (χ3n) is 8.35. The van der Waals surface area contributed by atoms with Gasteiger partial charge in [-0.05, 0) is 34.4 Å². The molecule has 1 fully saturated rings. The molecule has 246 valence electrons. The van der Waals surface area contributed by atoms with Gasteiger partial charge in [0.05, 0.1) is 33.0 Å². The maximum absolute atomic E-state index is 11.9. The molecule has 5 aromatic carbocycles. The molecule has 0 amide bonds. The molecular formula is C41H39ClO6. The van der Waals surface area contributed by atoms with Gasteiger partial charge in [-0.2, -0.15) is 0 Å². The number of rotatable bonds is 15. The van der Waals surface area contributed by atoms with Crippen LogP contribution in [0.4, 0.5) is 0 Å². The first-order valence-corrected chi connectivity index (χ1v) is 16.5. The zero-order chi connectivity index (χ0) is 33.0. The van der Waals surface area contributed by atoms with E-state index in [1.165, 1.54) is 0 Å². The number of carbonyl (C=O) groups is 1. The second-order valence-electron chi connectivity index (χ2n) is 11.8. The second kappa shape index (κ2) is 17.3. The van der Waals surface area contributed by atoms with Crippen LogP contribution >= 0.6 is 11.6 Å². The Morgan fingerprint density at radius 1 is 0.562 bits per heavy atom. The van der Waals surface area contributed by atoms with Crippen molar-refractivity contribution in [3.63, 3.8) is 0 Å². The number of ether oxygens (including phenoxy) is 5. The molecule has 1 aliphatic rings. The molecule has 48 heavy (non-hydrogen) atoms. The van der Waals surface area contributed by atoms with E-state index >= 15 is 0 Å². The van der Waals surface area contributed by atoms with Crippen molar-refractivity contribution in [3.05, 3.63) is 178 Å². The summed E-state index contributed by atoms with van der Waals surface area (Å²) in [6.45, 7) is 1.61. The predicted molar refractivity (Wildman–Crippen MR) is 186 cm³/mol. The molecule has 0 saturated carbocycles. The van der Waals surface area contributed by atoms with Crippen LogP contribution in [-0.2, 0) is 50.1 Å². The fourth-order valence-corrected chi connectivity index (χ4v) is 6.12. The first-order valence-electron chi connectivity index (χ1n) is 16.2. The number of hydrogen-bond acceptors (Lipinski definition) is 6. The summed E-state index contributed by atoms with van der Waals surface area (Å²) < 4.78 is 33.5.